The van der Waals surface area contributed by atoms with Gasteiger partial charge in [-0.3, -0.25) is 4.79 Å². The van der Waals surface area contributed by atoms with E-state index >= 15 is 0 Å². The van der Waals surface area contributed by atoms with Crippen molar-refractivity contribution in [2.75, 3.05) is 13.1 Å². The highest BCUT2D eigenvalue weighted by molar-refractivity contribution is 7.92. The molecule has 112 valence electrons. The Kier molecular flexibility index (Phi) is 3.54. The quantitative estimate of drug-likeness (QED) is 0.796. The molecule has 0 bridgehead atoms. The number of aryl methyl sites for hydroxylation is 1. The second-order valence-corrected chi connectivity index (χ2v) is 8.10. The van der Waals surface area contributed by atoms with E-state index in [9.17, 15) is 13.2 Å². The van der Waals surface area contributed by atoms with Crippen LogP contribution in [0.3, 0.4) is 0 Å². The smallest absolute Gasteiger partial charge is 0.249 e. The van der Waals surface area contributed by atoms with Crippen molar-refractivity contribution in [2.45, 2.75) is 16.8 Å². The molecule has 0 radical (unpaired) electrons. The molecule has 0 aromatic carbocycles. The second kappa shape index (κ2) is 5.23. The van der Waals surface area contributed by atoms with E-state index < -0.39 is 15.1 Å². The zero-order valence-corrected chi connectivity index (χ0v) is 13.0. The van der Waals surface area contributed by atoms with Crippen LogP contribution in [0.4, 0.5) is 0 Å². The van der Waals surface area contributed by atoms with Crippen LogP contribution in [0.25, 0.3) is 0 Å². The molecule has 1 aliphatic heterocycles. The van der Waals surface area contributed by atoms with Gasteiger partial charge in [0.15, 0.2) is 0 Å². The number of aromatic nitrogens is 3. The number of carbonyl (C=O) groups excluding carboxylic acids is 1. The summed E-state index contributed by atoms with van der Waals surface area (Å²) in [5, 5.41) is 8.51. The lowest BCUT2D eigenvalue weighted by atomic mass is 10.2. The van der Waals surface area contributed by atoms with Crippen LogP contribution in [0.5, 0.6) is 0 Å². The van der Waals surface area contributed by atoms with E-state index in [2.05, 4.69) is 10.2 Å². The summed E-state index contributed by atoms with van der Waals surface area (Å²) in [6, 6.07) is 3.79. The lowest BCUT2D eigenvalue weighted by Gasteiger charge is -2.38. The highest BCUT2D eigenvalue weighted by Gasteiger charge is 2.42. The fraction of sp³-hybridized carbons (Fsp3) is 0.417. The molecule has 1 saturated heterocycles. The van der Waals surface area contributed by atoms with Crippen LogP contribution in [0.2, 0.25) is 0 Å². The Morgan fingerprint density at radius 2 is 2.24 bits per heavy atom. The summed E-state index contributed by atoms with van der Waals surface area (Å²) in [6.07, 6.45) is 1.68. The van der Waals surface area contributed by atoms with Crippen molar-refractivity contribution >= 4 is 27.1 Å². The summed E-state index contributed by atoms with van der Waals surface area (Å²) in [6.45, 7) is 0.443. The Labute approximate surface area is 126 Å². The maximum atomic E-state index is 12.3. The largest absolute Gasteiger partial charge is 0.340 e. The van der Waals surface area contributed by atoms with Crippen LogP contribution in [0.15, 0.2) is 29.0 Å². The maximum Gasteiger partial charge on any atom is 0.249 e. The van der Waals surface area contributed by atoms with Gasteiger partial charge in [-0.1, -0.05) is 6.07 Å². The highest BCUT2D eigenvalue weighted by atomic mass is 32.2. The first kappa shape index (κ1) is 14.2. The van der Waals surface area contributed by atoms with Crippen LogP contribution >= 0.6 is 11.3 Å². The zero-order chi connectivity index (χ0) is 15.0. The van der Waals surface area contributed by atoms with E-state index in [-0.39, 0.29) is 24.2 Å². The highest BCUT2D eigenvalue weighted by Crippen LogP contribution is 2.23. The number of sulfone groups is 1. The molecule has 0 saturated carbocycles. The van der Waals surface area contributed by atoms with Crippen molar-refractivity contribution in [3.63, 3.8) is 0 Å². The molecule has 1 fully saturated rings. The summed E-state index contributed by atoms with van der Waals surface area (Å²) >= 11 is 1.52. The monoisotopic (exact) mass is 326 g/mol. The number of hydrogen-bond acceptors (Lipinski definition) is 6. The van der Waals surface area contributed by atoms with Crippen molar-refractivity contribution in [3.8, 4) is 0 Å². The molecule has 9 heteroatoms. The van der Waals surface area contributed by atoms with Crippen LogP contribution in [-0.4, -0.2) is 52.3 Å². The molecule has 2 aromatic rings. The lowest BCUT2D eigenvalue weighted by Crippen LogP contribution is -2.57. The molecular formula is C12H14N4O3S2. The first-order chi connectivity index (χ1) is 9.98. The maximum absolute atomic E-state index is 12.3. The van der Waals surface area contributed by atoms with E-state index in [1.54, 1.807) is 11.9 Å². The van der Waals surface area contributed by atoms with Gasteiger partial charge in [0, 0.05) is 25.0 Å². The number of nitrogens with zero attached hydrogens (tertiary/aromatic N) is 4. The number of carbonyl (C=O) groups is 1. The number of rotatable bonds is 4. The van der Waals surface area contributed by atoms with Crippen LogP contribution in [0, 0.1) is 0 Å². The van der Waals surface area contributed by atoms with Gasteiger partial charge in [0.25, 0.3) is 0 Å². The Morgan fingerprint density at radius 3 is 2.81 bits per heavy atom. The Hall–Kier alpha value is -1.74. The third-order valence-corrected chi connectivity index (χ3v) is 6.40. The summed E-state index contributed by atoms with van der Waals surface area (Å²) in [4.78, 5) is 14.6. The van der Waals surface area contributed by atoms with Gasteiger partial charge in [-0.2, -0.15) is 0 Å². The van der Waals surface area contributed by atoms with Gasteiger partial charge in [0.05, 0.1) is 6.42 Å². The average Bonchev–Trinajstić information content (AvgIpc) is 2.97. The van der Waals surface area contributed by atoms with Crippen molar-refractivity contribution in [3.05, 3.63) is 28.7 Å². The number of thiophene rings is 1. The first-order valence-corrected chi connectivity index (χ1v) is 8.79. The Bertz CT molecular complexity index is 745. The molecule has 3 heterocycles. The van der Waals surface area contributed by atoms with Crippen molar-refractivity contribution < 1.29 is 13.2 Å². The first-order valence-electron chi connectivity index (χ1n) is 6.36. The number of amides is 1. The van der Waals surface area contributed by atoms with Crippen LogP contribution < -0.4 is 0 Å². The molecule has 0 spiro atoms. The molecule has 0 N–H and O–H groups in total. The van der Waals surface area contributed by atoms with Crippen molar-refractivity contribution in [1.29, 1.82) is 0 Å². The molecule has 0 atom stereocenters. The fourth-order valence-electron chi connectivity index (χ4n) is 2.19. The van der Waals surface area contributed by atoms with E-state index in [1.165, 1.54) is 22.2 Å². The topological polar surface area (TPSA) is 85.2 Å². The van der Waals surface area contributed by atoms with Gasteiger partial charge in [-0.05, 0) is 11.4 Å². The normalized spacial score (nSPS) is 16.0. The second-order valence-electron chi connectivity index (χ2n) is 4.95. The summed E-state index contributed by atoms with van der Waals surface area (Å²) in [5.74, 6) is -0.0399. The SMILES string of the molecule is Cn1cnnc1S(=O)(=O)C1CN(C(=O)Cc2cccs2)C1. The van der Waals surface area contributed by atoms with Gasteiger partial charge >= 0.3 is 0 Å². The molecule has 1 amide bonds. The van der Waals surface area contributed by atoms with Crippen LogP contribution in [-0.2, 0) is 28.1 Å². The predicted molar refractivity (Wildman–Crippen MR) is 76.6 cm³/mol. The van der Waals surface area contributed by atoms with Crippen LogP contribution in [0.1, 0.15) is 4.88 Å². The fourth-order valence-corrected chi connectivity index (χ4v) is 4.55. The molecule has 21 heavy (non-hydrogen) atoms. The molecule has 0 unspecified atom stereocenters. The Balaban J connectivity index is 1.63. The predicted octanol–water partition coefficient (Wildman–Crippen LogP) is 0.104. The number of hydrogen-bond donors (Lipinski definition) is 0. The van der Waals surface area contributed by atoms with Gasteiger partial charge in [0.2, 0.25) is 20.9 Å². The van der Waals surface area contributed by atoms with E-state index in [1.807, 2.05) is 17.5 Å². The molecule has 0 aliphatic carbocycles. The van der Waals surface area contributed by atoms with Gasteiger partial charge in [-0.15, -0.1) is 21.5 Å². The standard InChI is InChI=1S/C12H14N4O3S2/c1-15-8-13-14-12(15)21(18,19)10-6-16(7-10)11(17)5-9-3-2-4-20-9/h2-4,8,10H,5-7H2,1H3. The summed E-state index contributed by atoms with van der Waals surface area (Å²) < 4.78 is 26.0. The lowest BCUT2D eigenvalue weighted by molar-refractivity contribution is -0.133. The average molecular weight is 326 g/mol. The molecule has 7 nitrogen and oxygen atoms in total. The van der Waals surface area contributed by atoms with Gasteiger partial charge in [-0.25, -0.2) is 8.42 Å². The summed E-state index contributed by atoms with van der Waals surface area (Å²) in [7, 11) is -1.93. The minimum absolute atomic E-state index is 0.0399. The molecule has 1 aliphatic rings. The number of likely N-dealkylation sites (tertiary alicyclic amines) is 1. The molecular weight excluding hydrogens is 312 g/mol. The minimum Gasteiger partial charge on any atom is -0.340 e. The van der Waals surface area contributed by atoms with E-state index in [0.29, 0.717) is 6.42 Å². The third-order valence-electron chi connectivity index (χ3n) is 3.47. The molecule has 3 rings (SSSR count). The third kappa shape index (κ3) is 2.58. The Morgan fingerprint density at radius 1 is 1.48 bits per heavy atom. The zero-order valence-electron chi connectivity index (χ0n) is 11.3. The molecule has 2 aromatic heterocycles. The van der Waals surface area contributed by atoms with Crippen molar-refractivity contribution in [1.82, 2.24) is 19.7 Å². The van der Waals surface area contributed by atoms with Gasteiger partial charge < -0.3 is 9.47 Å². The van der Waals surface area contributed by atoms with Crippen molar-refractivity contribution in [2.24, 2.45) is 7.05 Å². The van der Waals surface area contributed by atoms with E-state index in [0.717, 1.165) is 4.88 Å². The van der Waals surface area contributed by atoms with E-state index in [4.69, 9.17) is 0 Å². The summed E-state index contributed by atoms with van der Waals surface area (Å²) in [5.41, 5.74) is 0. The van der Waals surface area contributed by atoms with Gasteiger partial charge in [0.1, 0.15) is 11.6 Å². The minimum atomic E-state index is -3.52.